The van der Waals surface area contributed by atoms with Gasteiger partial charge in [-0.3, -0.25) is 4.79 Å². The van der Waals surface area contributed by atoms with Crippen molar-refractivity contribution in [2.45, 2.75) is 26.7 Å². The van der Waals surface area contributed by atoms with Gasteiger partial charge < -0.3 is 5.11 Å². The molecular weight excluding hydrogens is 188 g/mol. The lowest BCUT2D eigenvalue weighted by molar-refractivity contribution is 0.0856. The van der Waals surface area contributed by atoms with Crippen LogP contribution in [0.2, 0.25) is 0 Å². The molecule has 0 aromatic heterocycles. The topological polar surface area (TPSA) is 37.3 Å². The van der Waals surface area contributed by atoms with Crippen LogP contribution < -0.4 is 0 Å². The lowest BCUT2D eigenvalue weighted by Crippen LogP contribution is -2.17. The smallest absolute Gasteiger partial charge is 0.168 e. The van der Waals surface area contributed by atoms with Crippen molar-refractivity contribution in [1.82, 2.24) is 0 Å². The van der Waals surface area contributed by atoms with Crippen molar-refractivity contribution in [1.29, 1.82) is 0 Å². The number of ketones is 1. The van der Waals surface area contributed by atoms with Gasteiger partial charge >= 0.3 is 0 Å². The Labute approximate surface area is 90.9 Å². The molecule has 0 aliphatic rings. The molecule has 2 nitrogen and oxygen atoms in total. The van der Waals surface area contributed by atoms with E-state index in [1.54, 1.807) is 0 Å². The van der Waals surface area contributed by atoms with E-state index in [0.29, 0.717) is 12.0 Å². The summed E-state index contributed by atoms with van der Waals surface area (Å²) < 4.78 is 0. The lowest BCUT2D eigenvalue weighted by Gasteiger charge is -2.10. The van der Waals surface area contributed by atoms with Crippen molar-refractivity contribution in [2.75, 3.05) is 6.61 Å². The van der Waals surface area contributed by atoms with E-state index >= 15 is 0 Å². The maximum absolute atomic E-state index is 11.8. The maximum Gasteiger partial charge on any atom is 0.168 e. The fraction of sp³-hybridized carbons (Fsp3) is 0.462. The van der Waals surface area contributed by atoms with Crippen LogP contribution in [0.25, 0.3) is 0 Å². The van der Waals surface area contributed by atoms with Gasteiger partial charge in [0.2, 0.25) is 0 Å². The van der Waals surface area contributed by atoms with Gasteiger partial charge in [-0.05, 0) is 18.4 Å². The minimum absolute atomic E-state index is 0.0441. The molecular formula is C13H18O2. The van der Waals surface area contributed by atoms with E-state index in [4.69, 9.17) is 5.11 Å². The minimum atomic E-state index is -0.252. The molecule has 1 rings (SSSR count). The van der Waals surface area contributed by atoms with Gasteiger partial charge in [0.1, 0.15) is 0 Å². The third-order valence-electron chi connectivity index (χ3n) is 2.73. The highest BCUT2D eigenvalue weighted by Gasteiger charge is 2.16. The van der Waals surface area contributed by atoms with Gasteiger partial charge in [0, 0.05) is 11.5 Å². The fourth-order valence-corrected chi connectivity index (χ4v) is 1.54. The molecule has 0 heterocycles. The first-order chi connectivity index (χ1) is 7.22. The van der Waals surface area contributed by atoms with Crippen LogP contribution >= 0.6 is 0 Å². The molecule has 2 heteroatoms. The van der Waals surface area contributed by atoms with Gasteiger partial charge in [0.25, 0.3) is 0 Å². The second kappa shape index (κ2) is 5.66. The van der Waals surface area contributed by atoms with Crippen LogP contribution in [-0.4, -0.2) is 17.5 Å². The van der Waals surface area contributed by atoms with Crippen molar-refractivity contribution < 1.29 is 9.90 Å². The largest absolute Gasteiger partial charge is 0.396 e. The summed E-state index contributed by atoms with van der Waals surface area (Å²) in [4.78, 5) is 11.8. The molecule has 1 aromatic carbocycles. The first-order valence-electron chi connectivity index (χ1n) is 5.46. The summed E-state index contributed by atoms with van der Waals surface area (Å²) >= 11 is 0. The van der Waals surface area contributed by atoms with Crippen LogP contribution in [-0.2, 0) is 6.42 Å². The zero-order valence-corrected chi connectivity index (χ0v) is 9.36. The molecule has 0 fully saturated rings. The number of hydrogen-bond donors (Lipinski definition) is 1. The minimum Gasteiger partial charge on any atom is -0.396 e. The van der Waals surface area contributed by atoms with E-state index in [0.717, 1.165) is 6.42 Å². The lowest BCUT2D eigenvalue weighted by atomic mass is 9.95. The number of aryl methyl sites for hydroxylation is 1. The van der Waals surface area contributed by atoms with Gasteiger partial charge in [-0.25, -0.2) is 0 Å². The molecule has 15 heavy (non-hydrogen) atoms. The van der Waals surface area contributed by atoms with Crippen molar-refractivity contribution in [3.63, 3.8) is 0 Å². The predicted octanol–water partition coefficient (Wildman–Crippen LogP) is 2.45. The van der Waals surface area contributed by atoms with Crippen molar-refractivity contribution >= 4 is 5.78 Å². The number of carbonyl (C=O) groups excluding carboxylic acids is 1. The van der Waals surface area contributed by atoms with Gasteiger partial charge in [0.05, 0.1) is 6.61 Å². The monoisotopic (exact) mass is 206 g/mol. The van der Waals surface area contributed by atoms with E-state index in [-0.39, 0.29) is 18.3 Å². The second-order valence-corrected chi connectivity index (χ2v) is 3.70. The summed E-state index contributed by atoms with van der Waals surface area (Å²) in [6.45, 7) is 3.93. The Morgan fingerprint density at radius 2 is 1.87 bits per heavy atom. The van der Waals surface area contributed by atoms with Crippen LogP contribution in [0.4, 0.5) is 0 Å². The average molecular weight is 206 g/mol. The highest BCUT2D eigenvalue weighted by Crippen LogP contribution is 2.13. The SMILES string of the molecule is CCc1ccc(C(=O)C(CC)CO)cc1. The summed E-state index contributed by atoms with van der Waals surface area (Å²) in [6.07, 6.45) is 1.66. The van der Waals surface area contributed by atoms with E-state index in [1.807, 2.05) is 31.2 Å². The van der Waals surface area contributed by atoms with Crippen LogP contribution in [0, 0.1) is 5.92 Å². The number of benzene rings is 1. The highest BCUT2D eigenvalue weighted by atomic mass is 16.3. The summed E-state index contributed by atoms with van der Waals surface area (Å²) in [5, 5.41) is 9.04. The van der Waals surface area contributed by atoms with Crippen LogP contribution in [0.5, 0.6) is 0 Å². The maximum atomic E-state index is 11.8. The fourth-order valence-electron chi connectivity index (χ4n) is 1.54. The second-order valence-electron chi connectivity index (χ2n) is 3.70. The summed E-state index contributed by atoms with van der Waals surface area (Å²) in [6, 6.07) is 7.63. The van der Waals surface area contributed by atoms with Crippen molar-refractivity contribution in [3.8, 4) is 0 Å². The number of Topliss-reactive ketones (excluding diaryl/α,β-unsaturated/α-hetero) is 1. The Kier molecular flexibility index (Phi) is 4.50. The van der Waals surface area contributed by atoms with Gasteiger partial charge in [-0.15, -0.1) is 0 Å². The molecule has 82 valence electrons. The normalized spacial score (nSPS) is 12.5. The highest BCUT2D eigenvalue weighted by molar-refractivity contribution is 5.97. The molecule has 0 aliphatic heterocycles. The van der Waals surface area contributed by atoms with Crippen molar-refractivity contribution in [2.24, 2.45) is 5.92 Å². The molecule has 0 spiro atoms. The molecule has 0 aliphatic carbocycles. The molecule has 0 amide bonds. The molecule has 0 radical (unpaired) electrons. The van der Waals surface area contributed by atoms with Gasteiger partial charge in [-0.2, -0.15) is 0 Å². The Hall–Kier alpha value is -1.15. The van der Waals surface area contributed by atoms with E-state index in [2.05, 4.69) is 6.92 Å². The molecule has 1 aromatic rings. The number of hydrogen-bond acceptors (Lipinski definition) is 2. The first kappa shape index (κ1) is 11.9. The summed E-state index contributed by atoms with van der Waals surface area (Å²) in [7, 11) is 0. The third kappa shape index (κ3) is 2.90. The number of aliphatic hydroxyl groups excluding tert-OH is 1. The standard InChI is InChI=1S/C13H18O2/c1-3-10-5-7-12(8-6-10)13(15)11(4-2)9-14/h5-8,11,14H,3-4,9H2,1-2H3. The first-order valence-corrected chi connectivity index (χ1v) is 5.46. The Morgan fingerprint density at radius 1 is 1.27 bits per heavy atom. The predicted molar refractivity (Wildman–Crippen MR) is 61.0 cm³/mol. The Bertz CT molecular complexity index is 310. The average Bonchev–Trinajstić information content (AvgIpc) is 2.30. The zero-order valence-electron chi connectivity index (χ0n) is 9.36. The van der Waals surface area contributed by atoms with Crippen LogP contribution in [0.1, 0.15) is 36.2 Å². The van der Waals surface area contributed by atoms with E-state index in [1.165, 1.54) is 5.56 Å². The molecule has 0 saturated heterocycles. The number of aliphatic hydroxyl groups is 1. The van der Waals surface area contributed by atoms with E-state index in [9.17, 15) is 4.79 Å². The number of rotatable bonds is 5. The molecule has 0 saturated carbocycles. The third-order valence-corrected chi connectivity index (χ3v) is 2.73. The van der Waals surface area contributed by atoms with Gasteiger partial charge in [0.15, 0.2) is 5.78 Å². The zero-order chi connectivity index (χ0) is 11.3. The quantitative estimate of drug-likeness (QED) is 0.751. The molecule has 1 unspecified atom stereocenters. The molecule has 1 N–H and O–H groups in total. The molecule has 1 atom stereocenters. The number of carbonyl (C=O) groups is 1. The van der Waals surface area contributed by atoms with Crippen LogP contribution in [0.15, 0.2) is 24.3 Å². The van der Waals surface area contributed by atoms with Crippen molar-refractivity contribution in [3.05, 3.63) is 35.4 Å². The van der Waals surface area contributed by atoms with E-state index < -0.39 is 0 Å². The Morgan fingerprint density at radius 3 is 2.27 bits per heavy atom. The Balaban J connectivity index is 2.82. The van der Waals surface area contributed by atoms with Gasteiger partial charge in [-0.1, -0.05) is 38.1 Å². The molecule has 0 bridgehead atoms. The summed E-state index contributed by atoms with van der Waals surface area (Å²) in [5.74, 6) is -0.208. The summed E-state index contributed by atoms with van der Waals surface area (Å²) in [5.41, 5.74) is 1.93. The van der Waals surface area contributed by atoms with Crippen LogP contribution in [0.3, 0.4) is 0 Å².